The number of amides is 1. The van der Waals surface area contributed by atoms with Gasteiger partial charge in [-0.3, -0.25) is 14.4 Å². The summed E-state index contributed by atoms with van der Waals surface area (Å²) in [5.41, 5.74) is 0.114. The first-order chi connectivity index (χ1) is 13.0. The Morgan fingerprint density at radius 2 is 1.96 bits per heavy atom. The summed E-state index contributed by atoms with van der Waals surface area (Å²) in [4.78, 5) is 36.0. The predicted molar refractivity (Wildman–Crippen MR) is 101 cm³/mol. The van der Waals surface area contributed by atoms with Crippen molar-refractivity contribution in [1.29, 1.82) is 0 Å². The molecule has 3 atom stereocenters. The minimum absolute atomic E-state index is 0.110. The van der Waals surface area contributed by atoms with Gasteiger partial charge in [0.1, 0.15) is 0 Å². The van der Waals surface area contributed by atoms with Crippen LogP contribution in [0.1, 0.15) is 38.8 Å². The van der Waals surface area contributed by atoms with Gasteiger partial charge < -0.3 is 10.1 Å². The molecule has 144 valence electrons. The Balaban J connectivity index is 1.55. The molecule has 0 saturated heterocycles. The van der Waals surface area contributed by atoms with Crippen molar-refractivity contribution in [2.75, 3.05) is 6.61 Å². The molecule has 1 heterocycles. The summed E-state index contributed by atoms with van der Waals surface area (Å²) in [6, 6.07) is 7.06. The van der Waals surface area contributed by atoms with Crippen LogP contribution in [0.5, 0.6) is 0 Å². The zero-order valence-corrected chi connectivity index (χ0v) is 15.7. The summed E-state index contributed by atoms with van der Waals surface area (Å²) in [5, 5.41) is 10.4. The lowest BCUT2D eigenvalue weighted by Gasteiger charge is -2.34. The number of carbonyl (C=O) groups excluding carboxylic acids is 2. The number of carbonyl (C=O) groups is 2. The van der Waals surface area contributed by atoms with Crippen molar-refractivity contribution in [1.82, 2.24) is 15.5 Å². The lowest BCUT2D eigenvalue weighted by atomic mass is 9.78. The summed E-state index contributed by atoms with van der Waals surface area (Å²) >= 11 is 0. The molecule has 1 aliphatic carbocycles. The van der Waals surface area contributed by atoms with Crippen LogP contribution in [0, 0.1) is 11.8 Å². The van der Waals surface area contributed by atoms with Crippen molar-refractivity contribution in [3.05, 3.63) is 40.3 Å². The fourth-order valence-corrected chi connectivity index (χ4v) is 3.67. The number of benzene rings is 1. The van der Waals surface area contributed by atoms with E-state index in [0.717, 1.165) is 12.8 Å². The van der Waals surface area contributed by atoms with Gasteiger partial charge in [-0.1, -0.05) is 44.9 Å². The summed E-state index contributed by atoms with van der Waals surface area (Å²) < 4.78 is 5.11. The average Bonchev–Trinajstić information content (AvgIpc) is 2.66. The number of hydrogen-bond acceptors (Lipinski definition) is 5. The maximum absolute atomic E-state index is 12.1. The zero-order chi connectivity index (χ0) is 19.4. The lowest BCUT2D eigenvalue weighted by molar-refractivity contribution is -0.148. The third-order valence-electron chi connectivity index (χ3n) is 5.50. The molecule has 2 N–H and O–H groups in total. The quantitative estimate of drug-likeness (QED) is 0.783. The Kier molecular flexibility index (Phi) is 5.88. The molecule has 3 rings (SSSR count). The largest absolute Gasteiger partial charge is 0.455 e. The van der Waals surface area contributed by atoms with Gasteiger partial charge in [-0.2, -0.15) is 5.10 Å². The molecular formula is C20H25N3O4. The number of aromatic amines is 1. The molecule has 1 fully saturated rings. The third-order valence-corrected chi connectivity index (χ3v) is 5.50. The molecule has 1 aromatic carbocycles. The van der Waals surface area contributed by atoms with Crippen LogP contribution >= 0.6 is 0 Å². The number of hydrogen-bond donors (Lipinski definition) is 2. The molecule has 0 aliphatic heterocycles. The Labute approximate surface area is 157 Å². The highest BCUT2D eigenvalue weighted by molar-refractivity contribution is 5.87. The van der Waals surface area contributed by atoms with Crippen LogP contribution < -0.4 is 10.9 Å². The van der Waals surface area contributed by atoms with Gasteiger partial charge in [-0.25, -0.2) is 5.10 Å². The van der Waals surface area contributed by atoms with Gasteiger partial charge in [0.25, 0.3) is 11.5 Å². The van der Waals surface area contributed by atoms with Gasteiger partial charge in [0.05, 0.1) is 17.5 Å². The molecule has 1 saturated carbocycles. The fourth-order valence-electron chi connectivity index (χ4n) is 3.67. The van der Waals surface area contributed by atoms with E-state index >= 15 is 0 Å². The highest BCUT2D eigenvalue weighted by Crippen LogP contribution is 2.29. The number of aromatic nitrogens is 2. The highest BCUT2D eigenvalue weighted by atomic mass is 16.5. The number of nitrogens with one attached hydrogen (secondary N) is 2. The number of esters is 1. The summed E-state index contributed by atoms with van der Waals surface area (Å²) in [6.07, 6.45) is 3.13. The van der Waals surface area contributed by atoms with E-state index < -0.39 is 5.97 Å². The van der Waals surface area contributed by atoms with Crippen molar-refractivity contribution in [2.45, 2.75) is 45.6 Å². The summed E-state index contributed by atoms with van der Waals surface area (Å²) in [7, 11) is 0. The fraction of sp³-hybridized carbons (Fsp3) is 0.500. The van der Waals surface area contributed by atoms with Crippen molar-refractivity contribution in [2.24, 2.45) is 11.8 Å². The Morgan fingerprint density at radius 1 is 1.22 bits per heavy atom. The van der Waals surface area contributed by atoms with Crippen LogP contribution in [-0.4, -0.2) is 34.7 Å². The molecule has 2 aromatic rings. The van der Waals surface area contributed by atoms with Crippen LogP contribution in [0.3, 0.4) is 0 Å². The number of nitrogens with zero attached hydrogens (tertiary/aromatic N) is 1. The molecule has 27 heavy (non-hydrogen) atoms. The Hall–Kier alpha value is -2.70. The first-order valence-electron chi connectivity index (χ1n) is 9.37. The van der Waals surface area contributed by atoms with E-state index in [1.165, 1.54) is 6.42 Å². The molecule has 1 aliphatic rings. The first kappa shape index (κ1) is 19.1. The topological polar surface area (TPSA) is 101 Å². The molecule has 0 bridgehead atoms. The van der Waals surface area contributed by atoms with Gasteiger partial charge >= 0.3 is 5.97 Å². The van der Waals surface area contributed by atoms with Crippen LogP contribution in [0.4, 0.5) is 0 Å². The number of ether oxygens (including phenoxy) is 1. The zero-order valence-electron chi connectivity index (χ0n) is 15.7. The van der Waals surface area contributed by atoms with Crippen molar-refractivity contribution >= 4 is 22.6 Å². The van der Waals surface area contributed by atoms with E-state index in [9.17, 15) is 14.4 Å². The molecule has 0 spiro atoms. The third kappa shape index (κ3) is 4.53. The molecule has 0 radical (unpaired) electrons. The van der Waals surface area contributed by atoms with Crippen molar-refractivity contribution < 1.29 is 14.3 Å². The monoisotopic (exact) mass is 371 g/mol. The SMILES string of the molecule is C[C@@H]1[C@H](C)CCC[C@@H]1NC(=O)COC(=O)Cc1n[nH]c(=O)c2ccccc12. The second-order valence-electron chi connectivity index (χ2n) is 7.32. The standard InChI is InChI=1S/C20H25N3O4/c1-12-6-5-9-16(13(12)2)21-18(24)11-27-19(25)10-17-14-7-3-4-8-15(14)20(26)23-22-17/h3-4,7-8,12-13,16H,5-6,9-11H2,1-2H3,(H,21,24)(H,23,26)/t12-,13-,16+/m1/s1. The van der Waals surface area contributed by atoms with Gasteiger partial charge in [-0.15, -0.1) is 0 Å². The van der Waals surface area contributed by atoms with Crippen LogP contribution in [-0.2, 0) is 20.7 Å². The minimum Gasteiger partial charge on any atom is -0.455 e. The first-order valence-corrected chi connectivity index (χ1v) is 9.37. The van der Waals surface area contributed by atoms with Crippen molar-refractivity contribution in [3.63, 3.8) is 0 Å². The molecule has 7 nitrogen and oxygen atoms in total. The number of rotatable bonds is 5. The minimum atomic E-state index is -0.556. The van der Waals surface area contributed by atoms with Gasteiger partial charge in [0, 0.05) is 11.4 Å². The van der Waals surface area contributed by atoms with Crippen molar-refractivity contribution in [3.8, 4) is 0 Å². The average molecular weight is 371 g/mol. The molecule has 1 amide bonds. The van der Waals surface area contributed by atoms with Gasteiger partial charge in [-0.05, 0) is 24.3 Å². The molecule has 0 unspecified atom stereocenters. The number of fused-ring (bicyclic) bond motifs is 1. The van der Waals surface area contributed by atoms with E-state index in [1.54, 1.807) is 24.3 Å². The van der Waals surface area contributed by atoms with E-state index in [1.807, 2.05) is 0 Å². The maximum Gasteiger partial charge on any atom is 0.312 e. The molecule has 1 aromatic heterocycles. The number of H-pyrrole nitrogens is 1. The maximum atomic E-state index is 12.1. The van der Waals surface area contributed by atoms with E-state index in [-0.39, 0.29) is 30.5 Å². The van der Waals surface area contributed by atoms with E-state index in [4.69, 9.17) is 4.74 Å². The predicted octanol–water partition coefficient (Wildman–Crippen LogP) is 1.95. The lowest BCUT2D eigenvalue weighted by Crippen LogP contribution is -2.45. The second-order valence-corrected chi connectivity index (χ2v) is 7.32. The Morgan fingerprint density at radius 3 is 2.74 bits per heavy atom. The molecular weight excluding hydrogens is 346 g/mol. The summed E-state index contributed by atoms with van der Waals surface area (Å²) in [6.45, 7) is 4.04. The highest BCUT2D eigenvalue weighted by Gasteiger charge is 2.28. The van der Waals surface area contributed by atoms with Gasteiger partial charge in [0.15, 0.2) is 6.61 Å². The summed E-state index contributed by atoms with van der Waals surface area (Å²) in [5.74, 6) is 0.148. The second kappa shape index (κ2) is 8.33. The van der Waals surface area contributed by atoms with E-state index in [2.05, 4.69) is 29.4 Å². The normalized spacial score (nSPS) is 22.4. The molecule has 7 heteroatoms. The van der Waals surface area contributed by atoms with Crippen LogP contribution in [0.25, 0.3) is 10.8 Å². The Bertz CT molecular complexity index is 892. The van der Waals surface area contributed by atoms with Gasteiger partial charge in [0.2, 0.25) is 0 Å². The smallest absolute Gasteiger partial charge is 0.312 e. The van der Waals surface area contributed by atoms with Crippen LogP contribution in [0.15, 0.2) is 29.1 Å². The van der Waals surface area contributed by atoms with Crippen LogP contribution in [0.2, 0.25) is 0 Å². The van der Waals surface area contributed by atoms with E-state index in [0.29, 0.717) is 28.3 Å².